The Balaban J connectivity index is 1.91. The summed E-state index contributed by atoms with van der Waals surface area (Å²) >= 11 is 0. The van der Waals surface area contributed by atoms with E-state index in [-0.39, 0.29) is 17.4 Å². The van der Waals surface area contributed by atoms with Crippen molar-refractivity contribution >= 4 is 11.6 Å². The number of benzene rings is 1. The molecule has 1 aromatic carbocycles. The van der Waals surface area contributed by atoms with E-state index in [1.165, 1.54) is 0 Å². The summed E-state index contributed by atoms with van der Waals surface area (Å²) in [6.07, 6.45) is 1.66. The van der Waals surface area contributed by atoms with Crippen LogP contribution in [-0.2, 0) is 9.53 Å². The van der Waals surface area contributed by atoms with Gasteiger partial charge in [-0.1, -0.05) is 18.2 Å². The molecule has 1 aromatic rings. The summed E-state index contributed by atoms with van der Waals surface area (Å²) in [5.41, 5.74) is 0.771. The maximum Gasteiger partial charge on any atom is 0.228 e. The summed E-state index contributed by atoms with van der Waals surface area (Å²) in [5.74, 6) is 0.120. The van der Waals surface area contributed by atoms with Crippen LogP contribution in [0.4, 0.5) is 5.69 Å². The van der Waals surface area contributed by atoms with Crippen molar-refractivity contribution in [3.8, 4) is 0 Å². The molecule has 1 amide bonds. The van der Waals surface area contributed by atoms with E-state index in [0.29, 0.717) is 13.2 Å². The molecule has 1 unspecified atom stereocenters. The Morgan fingerprint density at radius 3 is 2.61 bits per heavy atom. The number of amides is 1. The number of methoxy groups -OCH3 is 1. The van der Waals surface area contributed by atoms with Crippen LogP contribution < -0.4 is 15.5 Å². The molecule has 1 atom stereocenters. The first kappa shape index (κ1) is 17.8. The fourth-order valence-electron chi connectivity index (χ4n) is 3.10. The lowest BCUT2D eigenvalue weighted by molar-refractivity contribution is -0.136. The molecule has 1 saturated heterocycles. The summed E-state index contributed by atoms with van der Waals surface area (Å²) in [6, 6.07) is 10.5. The monoisotopic (exact) mass is 319 g/mol. The Bertz CT molecular complexity index is 481. The molecule has 0 spiro atoms. The van der Waals surface area contributed by atoms with Crippen LogP contribution in [0.15, 0.2) is 30.3 Å². The third-order valence-electron chi connectivity index (χ3n) is 4.85. The normalized spacial score (nSPS) is 18.2. The fraction of sp³-hybridized carbons (Fsp3) is 0.611. The predicted octanol–water partition coefficient (Wildman–Crippen LogP) is 1.64. The maximum atomic E-state index is 12.7. The number of carbonyl (C=O) groups excluding carboxylic acids is 1. The Labute approximate surface area is 139 Å². The lowest BCUT2D eigenvalue weighted by Crippen LogP contribution is -2.52. The second kappa shape index (κ2) is 8.31. The first-order valence-electron chi connectivity index (χ1n) is 8.35. The zero-order chi connectivity index (χ0) is 16.7. The molecule has 23 heavy (non-hydrogen) atoms. The number of anilines is 1. The van der Waals surface area contributed by atoms with E-state index < -0.39 is 0 Å². The molecule has 0 aromatic heterocycles. The van der Waals surface area contributed by atoms with E-state index in [0.717, 1.165) is 31.6 Å². The highest BCUT2D eigenvalue weighted by Gasteiger charge is 2.39. The maximum absolute atomic E-state index is 12.7. The van der Waals surface area contributed by atoms with Gasteiger partial charge in [-0.05, 0) is 45.0 Å². The van der Waals surface area contributed by atoms with Crippen LogP contribution in [0.25, 0.3) is 0 Å². The van der Waals surface area contributed by atoms with Crippen molar-refractivity contribution in [2.45, 2.75) is 25.8 Å². The molecular formula is C18H29N3O2. The second-order valence-corrected chi connectivity index (χ2v) is 6.47. The molecule has 1 fully saturated rings. The van der Waals surface area contributed by atoms with Gasteiger partial charge in [-0.15, -0.1) is 0 Å². The van der Waals surface area contributed by atoms with Crippen LogP contribution in [0.5, 0.6) is 0 Å². The number of hydrogen-bond acceptors (Lipinski definition) is 4. The average molecular weight is 319 g/mol. The van der Waals surface area contributed by atoms with Gasteiger partial charge in [-0.25, -0.2) is 0 Å². The van der Waals surface area contributed by atoms with Gasteiger partial charge in [0.15, 0.2) is 0 Å². The smallest absolute Gasteiger partial charge is 0.228 e. The zero-order valence-electron chi connectivity index (χ0n) is 14.5. The highest BCUT2D eigenvalue weighted by atomic mass is 16.5. The first-order chi connectivity index (χ1) is 11.1. The highest BCUT2D eigenvalue weighted by molar-refractivity contribution is 5.83. The van der Waals surface area contributed by atoms with Gasteiger partial charge in [0.1, 0.15) is 0 Å². The highest BCUT2D eigenvalue weighted by Crippen LogP contribution is 2.29. The number of nitrogens with zero attached hydrogens (tertiary/aromatic N) is 1. The van der Waals surface area contributed by atoms with Crippen LogP contribution >= 0.6 is 0 Å². The third kappa shape index (κ3) is 4.45. The Morgan fingerprint density at radius 1 is 1.35 bits per heavy atom. The Morgan fingerprint density at radius 2 is 2.00 bits per heavy atom. The fourth-order valence-corrected chi connectivity index (χ4v) is 3.10. The van der Waals surface area contributed by atoms with Crippen molar-refractivity contribution < 1.29 is 9.53 Å². The molecule has 0 saturated carbocycles. The molecule has 2 rings (SSSR count). The van der Waals surface area contributed by atoms with Crippen molar-refractivity contribution in [3.05, 3.63) is 30.3 Å². The van der Waals surface area contributed by atoms with Crippen molar-refractivity contribution in [1.29, 1.82) is 0 Å². The number of para-hydroxylation sites is 1. The van der Waals surface area contributed by atoms with Gasteiger partial charge < -0.3 is 20.3 Å². The topological polar surface area (TPSA) is 53.6 Å². The number of hydrogen-bond donors (Lipinski definition) is 2. The van der Waals surface area contributed by atoms with Gasteiger partial charge in [0, 0.05) is 32.4 Å². The number of piperidine rings is 1. The zero-order valence-corrected chi connectivity index (χ0v) is 14.5. The second-order valence-electron chi connectivity index (χ2n) is 6.47. The minimum atomic E-state index is -0.384. The van der Waals surface area contributed by atoms with Gasteiger partial charge >= 0.3 is 0 Å². The van der Waals surface area contributed by atoms with E-state index >= 15 is 0 Å². The van der Waals surface area contributed by atoms with Crippen molar-refractivity contribution in [2.24, 2.45) is 5.41 Å². The molecule has 5 nitrogen and oxygen atoms in total. The number of ether oxygens (including phenoxy) is 1. The molecule has 5 heteroatoms. The number of carbonyl (C=O) groups is 1. The number of nitrogens with one attached hydrogen (secondary N) is 2. The van der Waals surface area contributed by atoms with Crippen LogP contribution in [0, 0.1) is 5.41 Å². The molecule has 1 heterocycles. The van der Waals surface area contributed by atoms with E-state index in [2.05, 4.69) is 41.6 Å². The summed E-state index contributed by atoms with van der Waals surface area (Å²) < 4.78 is 5.33. The summed E-state index contributed by atoms with van der Waals surface area (Å²) in [5, 5.41) is 6.45. The molecule has 1 aliphatic heterocycles. The average Bonchev–Trinajstić information content (AvgIpc) is 2.60. The van der Waals surface area contributed by atoms with Crippen LogP contribution in [0.1, 0.15) is 19.8 Å². The van der Waals surface area contributed by atoms with E-state index in [4.69, 9.17) is 4.74 Å². The number of likely N-dealkylation sites (N-methyl/N-ethyl adjacent to an activating group) is 1. The van der Waals surface area contributed by atoms with Crippen LogP contribution in [-0.4, -0.2) is 52.3 Å². The van der Waals surface area contributed by atoms with Crippen LogP contribution in [0.3, 0.4) is 0 Å². The molecule has 2 N–H and O–H groups in total. The number of rotatable bonds is 7. The van der Waals surface area contributed by atoms with Crippen molar-refractivity contribution in [2.75, 3.05) is 45.3 Å². The van der Waals surface area contributed by atoms with E-state index in [1.54, 1.807) is 7.11 Å². The SMILES string of the molecule is COCC1(C(=O)NCC(C)N(C)c2ccccc2)CCNCC1. The van der Waals surface area contributed by atoms with Crippen LogP contribution in [0.2, 0.25) is 0 Å². The van der Waals surface area contributed by atoms with Gasteiger partial charge in [-0.2, -0.15) is 0 Å². The summed E-state index contributed by atoms with van der Waals surface area (Å²) in [7, 11) is 3.73. The Hall–Kier alpha value is -1.59. The van der Waals surface area contributed by atoms with Gasteiger partial charge in [0.2, 0.25) is 5.91 Å². The molecular weight excluding hydrogens is 290 g/mol. The predicted molar refractivity (Wildman–Crippen MR) is 93.7 cm³/mol. The molecule has 0 bridgehead atoms. The summed E-state index contributed by atoms with van der Waals surface area (Å²) in [4.78, 5) is 14.9. The van der Waals surface area contributed by atoms with Gasteiger partial charge in [0.25, 0.3) is 0 Å². The molecule has 1 aliphatic rings. The lowest BCUT2D eigenvalue weighted by atomic mass is 9.78. The largest absolute Gasteiger partial charge is 0.384 e. The molecule has 0 aliphatic carbocycles. The third-order valence-corrected chi connectivity index (χ3v) is 4.85. The molecule has 0 radical (unpaired) electrons. The van der Waals surface area contributed by atoms with Gasteiger partial charge in [-0.3, -0.25) is 4.79 Å². The minimum Gasteiger partial charge on any atom is -0.384 e. The van der Waals surface area contributed by atoms with Gasteiger partial charge in [0.05, 0.1) is 12.0 Å². The van der Waals surface area contributed by atoms with E-state index in [1.807, 2.05) is 18.2 Å². The standard InChI is InChI=1S/C18H29N3O2/c1-15(21(2)16-7-5-4-6-8-16)13-20-17(22)18(14-23-3)9-11-19-12-10-18/h4-8,15,19H,9-14H2,1-3H3,(H,20,22). The van der Waals surface area contributed by atoms with Crippen molar-refractivity contribution in [1.82, 2.24) is 10.6 Å². The minimum absolute atomic E-state index is 0.120. The first-order valence-corrected chi connectivity index (χ1v) is 8.35. The molecule has 128 valence electrons. The van der Waals surface area contributed by atoms with Crippen molar-refractivity contribution in [3.63, 3.8) is 0 Å². The van der Waals surface area contributed by atoms with E-state index in [9.17, 15) is 4.79 Å². The summed E-state index contributed by atoms with van der Waals surface area (Å²) in [6.45, 7) is 4.98. The lowest BCUT2D eigenvalue weighted by Gasteiger charge is -2.36. The Kier molecular flexibility index (Phi) is 6.42. The quantitative estimate of drug-likeness (QED) is 0.802.